The van der Waals surface area contributed by atoms with Gasteiger partial charge in [-0.3, -0.25) is 9.20 Å². The van der Waals surface area contributed by atoms with E-state index in [1.165, 1.54) is 4.40 Å². The first-order valence-corrected chi connectivity index (χ1v) is 9.31. The summed E-state index contributed by atoms with van der Waals surface area (Å²) >= 11 is 0. The standard InChI is InChI=1S/C15H22N4O3S.ClH/c1-10(2)8-11(9-16)17-14(20)13-12-6-4-5-7-19(12)15(18-13)23(3,21)22;/h4-7,10-11H,8-9,16H2,1-3H3,(H,17,20);1H. The number of nitrogens with one attached hydrogen (secondary N) is 1. The predicted octanol–water partition coefficient (Wildman–Crippen LogP) is 1.26. The number of hydrogen-bond acceptors (Lipinski definition) is 5. The summed E-state index contributed by atoms with van der Waals surface area (Å²) in [6.45, 7) is 4.40. The van der Waals surface area contributed by atoms with Gasteiger partial charge >= 0.3 is 0 Å². The van der Waals surface area contributed by atoms with Gasteiger partial charge in [-0.2, -0.15) is 0 Å². The van der Waals surface area contributed by atoms with Crippen molar-refractivity contribution >= 4 is 33.7 Å². The van der Waals surface area contributed by atoms with Gasteiger partial charge in [0, 0.05) is 25.0 Å². The molecule has 0 fully saturated rings. The Bertz CT molecular complexity index is 817. The van der Waals surface area contributed by atoms with E-state index in [0.29, 0.717) is 18.0 Å². The quantitative estimate of drug-likeness (QED) is 0.791. The van der Waals surface area contributed by atoms with Crippen LogP contribution in [0.3, 0.4) is 0 Å². The van der Waals surface area contributed by atoms with Gasteiger partial charge in [0.25, 0.3) is 5.91 Å². The molecule has 2 aromatic heterocycles. The maximum absolute atomic E-state index is 12.5. The summed E-state index contributed by atoms with van der Waals surface area (Å²) in [7, 11) is -3.55. The van der Waals surface area contributed by atoms with Crippen LogP contribution in [0.4, 0.5) is 0 Å². The first-order chi connectivity index (χ1) is 10.7. The molecule has 0 aliphatic heterocycles. The fourth-order valence-electron chi connectivity index (χ4n) is 2.48. The lowest BCUT2D eigenvalue weighted by atomic mass is 10.0. The first-order valence-electron chi connectivity index (χ1n) is 7.42. The number of hydrogen-bond donors (Lipinski definition) is 2. The average Bonchev–Trinajstić information content (AvgIpc) is 2.85. The molecule has 0 aliphatic rings. The number of fused-ring (bicyclic) bond motifs is 1. The summed E-state index contributed by atoms with van der Waals surface area (Å²) in [5, 5.41) is 2.69. The molecule has 134 valence electrons. The zero-order valence-corrected chi connectivity index (χ0v) is 15.5. The van der Waals surface area contributed by atoms with Crippen molar-refractivity contribution in [1.29, 1.82) is 0 Å². The second-order valence-electron chi connectivity index (χ2n) is 6.01. The molecule has 9 heteroatoms. The molecule has 0 bridgehead atoms. The number of aromatic nitrogens is 2. The molecule has 0 aromatic carbocycles. The molecule has 7 nitrogen and oxygen atoms in total. The molecule has 0 radical (unpaired) electrons. The Hall–Kier alpha value is -1.64. The highest BCUT2D eigenvalue weighted by Gasteiger charge is 2.24. The van der Waals surface area contributed by atoms with Crippen molar-refractivity contribution in [3.8, 4) is 0 Å². The molecule has 24 heavy (non-hydrogen) atoms. The van der Waals surface area contributed by atoms with Gasteiger partial charge < -0.3 is 11.1 Å². The average molecular weight is 375 g/mol. The fraction of sp³-hybridized carbons (Fsp3) is 0.467. The number of pyridine rings is 1. The minimum atomic E-state index is -3.55. The van der Waals surface area contributed by atoms with Crippen molar-refractivity contribution in [2.24, 2.45) is 11.7 Å². The minimum absolute atomic E-state index is 0. The van der Waals surface area contributed by atoms with E-state index in [0.717, 1.165) is 12.7 Å². The van der Waals surface area contributed by atoms with Crippen molar-refractivity contribution in [2.75, 3.05) is 12.8 Å². The zero-order chi connectivity index (χ0) is 17.2. The molecule has 0 spiro atoms. The summed E-state index contributed by atoms with van der Waals surface area (Å²) in [6.07, 6.45) is 3.38. The van der Waals surface area contributed by atoms with Gasteiger partial charge in [0.05, 0.1) is 5.52 Å². The van der Waals surface area contributed by atoms with Gasteiger partial charge in [-0.25, -0.2) is 13.4 Å². The van der Waals surface area contributed by atoms with Crippen LogP contribution in [0, 0.1) is 5.92 Å². The summed E-state index contributed by atoms with van der Waals surface area (Å²) in [4.78, 5) is 16.6. The highest BCUT2D eigenvalue weighted by atomic mass is 35.5. The molecule has 1 unspecified atom stereocenters. The van der Waals surface area contributed by atoms with Gasteiger partial charge in [0.1, 0.15) is 0 Å². The Kier molecular flexibility index (Phi) is 6.76. The molecule has 2 aromatic rings. The molecule has 2 rings (SSSR count). The Labute approximate surface area is 148 Å². The van der Waals surface area contributed by atoms with Crippen molar-refractivity contribution in [3.63, 3.8) is 0 Å². The SMILES string of the molecule is CC(C)CC(CN)NC(=O)c1nc(S(C)(=O)=O)n2ccccc12.Cl. The lowest BCUT2D eigenvalue weighted by molar-refractivity contribution is 0.0930. The smallest absolute Gasteiger partial charge is 0.272 e. The van der Waals surface area contributed by atoms with E-state index in [9.17, 15) is 13.2 Å². The highest BCUT2D eigenvalue weighted by Crippen LogP contribution is 2.17. The summed E-state index contributed by atoms with van der Waals surface area (Å²) in [5.41, 5.74) is 6.24. The van der Waals surface area contributed by atoms with Gasteiger partial charge in [-0.05, 0) is 24.5 Å². The number of amides is 1. The monoisotopic (exact) mass is 374 g/mol. The number of carbonyl (C=O) groups excluding carboxylic acids is 1. The van der Waals surface area contributed by atoms with Gasteiger partial charge in [0.2, 0.25) is 15.0 Å². The zero-order valence-electron chi connectivity index (χ0n) is 13.9. The van der Waals surface area contributed by atoms with E-state index in [1.807, 2.05) is 13.8 Å². The van der Waals surface area contributed by atoms with Crippen molar-refractivity contribution in [3.05, 3.63) is 30.1 Å². The third-order valence-electron chi connectivity index (χ3n) is 3.44. The number of carbonyl (C=O) groups is 1. The van der Waals surface area contributed by atoms with Crippen LogP contribution in [-0.2, 0) is 9.84 Å². The van der Waals surface area contributed by atoms with Gasteiger partial charge in [-0.15, -0.1) is 12.4 Å². The molecular weight excluding hydrogens is 352 g/mol. The van der Waals surface area contributed by atoms with Crippen LogP contribution in [0.25, 0.3) is 5.52 Å². The van der Waals surface area contributed by atoms with Crippen LogP contribution >= 0.6 is 12.4 Å². The summed E-state index contributed by atoms with van der Waals surface area (Å²) in [5.74, 6) is -0.0335. The lowest BCUT2D eigenvalue weighted by Crippen LogP contribution is -2.41. The molecule has 0 aliphatic carbocycles. The van der Waals surface area contributed by atoms with E-state index in [-0.39, 0.29) is 29.3 Å². The van der Waals surface area contributed by atoms with Crippen molar-refractivity contribution in [2.45, 2.75) is 31.5 Å². The van der Waals surface area contributed by atoms with Crippen LogP contribution in [0.2, 0.25) is 0 Å². The molecule has 1 atom stereocenters. The Balaban J connectivity index is 0.00000288. The summed E-state index contributed by atoms with van der Waals surface area (Å²) in [6, 6.07) is 4.90. The van der Waals surface area contributed by atoms with Crippen LogP contribution in [-0.4, -0.2) is 42.6 Å². The number of sulfone groups is 1. The Morgan fingerprint density at radius 3 is 2.58 bits per heavy atom. The van der Waals surface area contributed by atoms with Crippen LogP contribution < -0.4 is 11.1 Å². The van der Waals surface area contributed by atoms with E-state index >= 15 is 0 Å². The van der Waals surface area contributed by atoms with Crippen LogP contribution in [0.1, 0.15) is 30.8 Å². The third-order valence-corrected chi connectivity index (χ3v) is 4.39. The highest BCUT2D eigenvalue weighted by molar-refractivity contribution is 7.90. The van der Waals surface area contributed by atoms with E-state index < -0.39 is 15.7 Å². The Morgan fingerprint density at radius 1 is 1.38 bits per heavy atom. The third kappa shape index (κ3) is 4.46. The molecular formula is C15H23ClN4O3S. The first kappa shape index (κ1) is 20.4. The lowest BCUT2D eigenvalue weighted by Gasteiger charge is -2.18. The fourth-order valence-corrected chi connectivity index (χ4v) is 3.25. The Morgan fingerprint density at radius 2 is 2.04 bits per heavy atom. The normalized spacial score (nSPS) is 12.9. The second kappa shape index (κ2) is 7.96. The number of rotatable bonds is 6. The molecule has 1 amide bonds. The summed E-state index contributed by atoms with van der Waals surface area (Å²) < 4.78 is 25.2. The molecule has 3 N–H and O–H groups in total. The predicted molar refractivity (Wildman–Crippen MR) is 95.3 cm³/mol. The van der Waals surface area contributed by atoms with Crippen LogP contribution in [0.15, 0.2) is 29.6 Å². The topological polar surface area (TPSA) is 107 Å². The van der Waals surface area contributed by atoms with E-state index in [2.05, 4.69) is 10.3 Å². The largest absolute Gasteiger partial charge is 0.347 e. The number of halogens is 1. The number of imidazole rings is 1. The minimum Gasteiger partial charge on any atom is -0.347 e. The van der Waals surface area contributed by atoms with Crippen LogP contribution in [0.5, 0.6) is 0 Å². The molecule has 2 heterocycles. The van der Waals surface area contributed by atoms with Gasteiger partial charge in [-0.1, -0.05) is 19.9 Å². The number of nitrogens with two attached hydrogens (primary N) is 1. The van der Waals surface area contributed by atoms with Crippen molar-refractivity contribution in [1.82, 2.24) is 14.7 Å². The van der Waals surface area contributed by atoms with E-state index in [4.69, 9.17) is 5.73 Å². The maximum Gasteiger partial charge on any atom is 0.272 e. The maximum atomic E-state index is 12.5. The van der Waals surface area contributed by atoms with Crippen molar-refractivity contribution < 1.29 is 13.2 Å². The second-order valence-corrected chi connectivity index (χ2v) is 7.92. The van der Waals surface area contributed by atoms with E-state index in [1.54, 1.807) is 24.4 Å². The van der Waals surface area contributed by atoms with Gasteiger partial charge in [0.15, 0.2) is 5.69 Å². The molecule has 0 saturated heterocycles. The number of nitrogens with zero attached hydrogens (tertiary/aromatic N) is 2. The molecule has 0 saturated carbocycles.